The third kappa shape index (κ3) is 3.12. The Hall–Kier alpha value is -2.76. The van der Waals surface area contributed by atoms with Crippen molar-refractivity contribution in [2.75, 3.05) is 0 Å². The van der Waals surface area contributed by atoms with Gasteiger partial charge in [0.15, 0.2) is 0 Å². The minimum Gasteiger partial charge on any atom is -0.311 e. The molecule has 0 radical (unpaired) electrons. The van der Waals surface area contributed by atoms with Crippen LogP contribution in [0.15, 0.2) is 35.3 Å². The summed E-state index contributed by atoms with van der Waals surface area (Å²) in [5.41, 5.74) is 4.91. The summed E-state index contributed by atoms with van der Waals surface area (Å²) in [4.78, 5) is 18.6. The fraction of sp³-hybridized carbons (Fsp3) is 0.368. The molecule has 0 aliphatic heterocycles. The van der Waals surface area contributed by atoms with Crippen molar-refractivity contribution in [1.82, 2.24) is 25.0 Å². The van der Waals surface area contributed by atoms with Crippen molar-refractivity contribution in [1.29, 1.82) is 0 Å². The van der Waals surface area contributed by atoms with Crippen LogP contribution in [-0.2, 0) is 0 Å². The van der Waals surface area contributed by atoms with Crippen molar-refractivity contribution in [3.05, 3.63) is 63.3 Å². The van der Waals surface area contributed by atoms with Gasteiger partial charge in [-0.15, -0.1) is 5.10 Å². The Morgan fingerprint density at radius 1 is 1.20 bits per heavy atom. The van der Waals surface area contributed by atoms with E-state index >= 15 is 0 Å². The molecule has 1 N–H and O–H groups in total. The molecule has 3 aromatic rings. The van der Waals surface area contributed by atoms with Crippen molar-refractivity contribution in [2.24, 2.45) is 0 Å². The van der Waals surface area contributed by atoms with Gasteiger partial charge in [-0.1, -0.05) is 23.4 Å². The third-order valence-corrected chi connectivity index (χ3v) is 4.82. The Kier molecular flexibility index (Phi) is 3.75. The van der Waals surface area contributed by atoms with E-state index in [0.717, 1.165) is 5.92 Å². The van der Waals surface area contributed by atoms with Crippen molar-refractivity contribution < 1.29 is 0 Å². The molecule has 4 rings (SSSR count). The number of H-pyrrole nitrogens is 1. The first-order valence-corrected chi connectivity index (χ1v) is 8.62. The lowest BCUT2D eigenvalue weighted by atomic mass is 9.98. The number of nitrogens with one attached hydrogen (secondary N) is 1. The Labute approximate surface area is 145 Å². The largest absolute Gasteiger partial charge is 0.311 e. The van der Waals surface area contributed by atoms with E-state index in [4.69, 9.17) is 0 Å². The van der Waals surface area contributed by atoms with Crippen LogP contribution in [0, 0.1) is 13.8 Å². The summed E-state index contributed by atoms with van der Waals surface area (Å²) in [6.07, 6.45) is 4.47. The SMILES string of the molecule is Cc1nc(-c2cn(C(C)c3ccc(C4CC4)cc3C)nn2)cc(=O)[nH]1. The zero-order valence-electron chi connectivity index (χ0n) is 14.7. The number of aromatic amines is 1. The first-order chi connectivity index (χ1) is 12.0. The van der Waals surface area contributed by atoms with Crippen LogP contribution in [-0.4, -0.2) is 25.0 Å². The van der Waals surface area contributed by atoms with Gasteiger partial charge in [0.05, 0.1) is 17.9 Å². The molecule has 1 aromatic carbocycles. The predicted octanol–water partition coefficient (Wildman–Crippen LogP) is 3.13. The summed E-state index contributed by atoms with van der Waals surface area (Å²) in [6.45, 7) is 6.01. The smallest absolute Gasteiger partial charge is 0.251 e. The molecule has 2 heterocycles. The minimum atomic E-state index is -0.184. The maximum absolute atomic E-state index is 11.6. The zero-order valence-corrected chi connectivity index (χ0v) is 14.7. The second kappa shape index (κ2) is 5.95. The summed E-state index contributed by atoms with van der Waals surface area (Å²) in [7, 11) is 0. The second-order valence-corrected chi connectivity index (χ2v) is 6.87. The lowest BCUT2D eigenvalue weighted by Crippen LogP contribution is -2.09. The van der Waals surface area contributed by atoms with Gasteiger partial charge in [-0.25, -0.2) is 9.67 Å². The number of benzene rings is 1. The van der Waals surface area contributed by atoms with Crippen LogP contribution in [0.4, 0.5) is 0 Å². The Bertz CT molecular complexity index is 983. The molecule has 6 heteroatoms. The van der Waals surface area contributed by atoms with Gasteiger partial charge in [0, 0.05) is 6.07 Å². The first-order valence-electron chi connectivity index (χ1n) is 8.62. The topological polar surface area (TPSA) is 76.5 Å². The molecule has 6 nitrogen and oxygen atoms in total. The van der Waals surface area contributed by atoms with E-state index < -0.39 is 0 Å². The monoisotopic (exact) mass is 335 g/mol. The predicted molar refractivity (Wildman–Crippen MR) is 95.6 cm³/mol. The fourth-order valence-corrected chi connectivity index (χ4v) is 3.27. The van der Waals surface area contributed by atoms with Crippen molar-refractivity contribution >= 4 is 0 Å². The molecular formula is C19H21N5O. The molecule has 1 fully saturated rings. The summed E-state index contributed by atoms with van der Waals surface area (Å²) < 4.78 is 1.83. The standard InChI is InChI=1S/C19H21N5O/c1-11-8-15(14-4-5-14)6-7-16(11)12(2)24-10-18(22-23-24)17-9-19(25)21-13(3)20-17/h6-10,12,14H,4-5H2,1-3H3,(H,20,21,25). The molecule has 0 saturated heterocycles. The normalized spacial score (nSPS) is 15.3. The first kappa shape index (κ1) is 15.7. The maximum Gasteiger partial charge on any atom is 0.251 e. The Morgan fingerprint density at radius 2 is 2.00 bits per heavy atom. The molecule has 2 aromatic heterocycles. The summed E-state index contributed by atoms with van der Waals surface area (Å²) >= 11 is 0. The van der Waals surface area contributed by atoms with Crippen LogP contribution in [0.3, 0.4) is 0 Å². The Balaban J connectivity index is 1.64. The maximum atomic E-state index is 11.6. The number of aromatic nitrogens is 5. The summed E-state index contributed by atoms with van der Waals surface area (Å²) in [6, 6.07) is 8.24. The quantitative estimate of drug-likeness (QED) is 0.795. The van der Waals surface area contributed by atoms with Gasteiger partial charge in [0.2, 0.25) is 0 Å². The van der Waals surface area contributed by atoms with Gasteiger partial charge in [-0.3, -0.25) is 4.79 Å². The molecule has 0 spiro atoms. The lowest BCUT2D eigenvalue weighted by molar-refractivity contribution is 0.541. The average molecular weight is 335 g/mol. The van der Waals surface area contributed by atoms with E-state index in [1.54, 1.807) is 6.92 Å². The van der Waals surface area contributed by atoms with Gasteiger partial charge in [-0.2, -0.15) is 0 Å². The van der Waals surface area contributed by atoms with Gasteiger partial charge in [0.1, 0.15) is 11.5 Å². The zero-order chi connectivity index (χ0) is 17.6. The average Bonchev–Trinajstić information content (AvgIpc) is 3.30. The molecule has 1 atom stereocenters. The van der Waals surface area contributed by atoms with Crippen LogP contribution < -0.4 is 5.56 Å². The number of nitrogens with zero attached hydrogens (tertiary/aromatic N) is 4. The summed E-state index contributed by atoms with van der Waals surface area (Å²) in [5.74, 6) is 1.32. The van der Waals surface area contributed by atoms with E-state index in [0.29, 0.717) is 17.2 Å². The number of rotatable bonds is 4. The van der Waals surface area contributed by atoms with Gasteiger partial charge in [0.25, 0.3) is 5.56 Å². The molecule has 1 unspecified atom stereocenters. The molecule has 0 bridgehead atoms. The van der Waals surface area contributed by atoms with Crippen LogP contribution in [0.1, 0.15) is 54.2 Å². The van der Waals surface area contributed by atoms with E-state index in [2.05, 4.69) is 52.3 Å². The third-order valence-electron chi connectivity index (χ3n) is 4.82. The van der Waals surface area contributed by atoms with Crippen molar-refractivity contribution in [3.63, 3.8) is 0 Å². The van der Waals surface area contributed by atoms with Crippen LogP contribution in [0.25, 0.3) is 11.4 Å². The number of hydrogen-bond donors (Lipinski definition) is 1. The van der Waals surface area contributed by atoms with E-state index in [1.165, 1.54) is 35.6 Å². The number of aryl methyl sites for hydroxylation is 2. The highest BCUT2D eigenvalue weighted by molar-refractivity contribution is 5.51. The van der Waals surface area contributed by atoms with Crippen LogP contribution >= 0.6 is 0 Å². The fourth-order valence-electron chi connectivity index (χ4n) is 3.27. The van der Waals surface area contributed by atoms with Gasteiger partial charge < -0.3 is 4.98 Å². The Morgan fingerprint density at radius 3 is 2.68 bits per heavy atom. The molecular weight excluding hydrogens is 314 g/mol. The van der Waals surface area contributed by atoms with Crippen LogP contribution in [0.5, 0.6) is 0 Å². The molecule has 1 saturated carbocycles. The highest BCUT2D eigenvalue weighted by Gasteiger charge is 2.24. The van der Waals surface area contributed by atoms with Crippen molar-refractivity contribution in [3.8, 4) is 11.4 Å². The van der Waals surface area contributed by atoms with Gasteiger partial charge in [-0.05, 0) is 56.2 Å². The number of hydrogen-bond acceptors (Lipinski definition) is 4. The lowest BCUT2D eigenvalue weighted by Gasteiger charge is -2.15. The molecule has 1 aliphatic carbocycles. The second-order valence-electron chi connectivity index (χ2n) is 6.87. The van der Waals surface area contributed by atoms with Crippen LogP contribution in [0.2, 0.25) is 0 Å². The highest BCUT2D eigenvalue weighted by Crippen LogP contribution is 2.41. The summed E-state index contributed by atoms with van der Waals surface area (Å²) in [5, 5.41) is 8.45. The minimum absolute atomic E-state index is 0.0672. The molecule has 25 heavy (non-hydrogen) atoms. The highest BCUT2D eigenvalue weighted by atomic mass is 16.1. The van der Waals surface area contributed by atoms with E-state index in [9.17, 15) is 4.79 Å². The van der Waals surface area contributed by atoms with Gasteiger partial charge >= 0.3 is 0 Å². The van der Waals surface area contributed by atoms with E-state index in [1.807, 2.05) is 10.9 Å². The van der Waals surface area contributed by atoms with E-state index in [-0.39, 0.29) is 11.6 Å². The molecule has 128 valence electrons. The molecule has 0 amide bonds. The van der Waals surface area contributed by atoms with Crippen molar-refractivity contribution in [2.45, 2.75) is 45.6 Å². The molecule has 1 aliphatic rings.